The maximum Gasteiger partial charge on any atom is 0.326 e. The molecule has 1 rings (SSSR count). The summed E-state index contributed by atoms with van der Waals surface area (Å²) < 4.78 is 0. The second-order valence-corrected chi connectivity index (χ2v) is 9.47. The van der Waals surface area contributed by atoms with Crippen molar-refractivity contribution in [3.05, 3.63) is 24.3 Å². The zero-order chi connectivity index (χ0) is 25.1. The summed E-state index contributed by atoms with van der Waals surface area (Å²) in [5.41, 5.74) is 0.0773. The molecule has 0 aromatic carbocycles. The minimum atomic E-state index is -1.12. The van der Waals surface area contributed by atoms with Gasteiger partial charge in [-0.05, 0) is 37.0 Å². The number of hydrogen-bond donors (Lipinski definition) is 4. The summed E-state index contributed by atoms with van der Waals surface area (Å²) in [7, 11) is 0. The number of amides is 3. The van der Waals surface area contributed by atoms with E-state index in [0.29, 0.717) is 12.8 Å². The molecule has 184 valence electrons. The molecule has 0 saturated carbocycles. The predicted octanol–water partition coefficient (Wildman–Crippen LogP) is 1.77. The second kappa shape index (κ2) is 13.5. The molecule has 10 heteroatoms. The standard InChI is InChI=1S/C23H37N5O5/c1-13(2)9-16(27-22(31)19-12-24-7-8-25-19)20(29)26-17(10-14(3)4)21(30)28-18(23(32)33)11-15(5)6/h7-8,12-18H,9-11H2,1-6H3,(H,26,29)(H,27,31)(H,28,30)(H,32,33)/t16-,17-,18-/m0/s1. The molecule has 0 saturated heterocycles. The third-order valence-electron chi connectivity index (χ3n) is 4.79. The fraction of sp³-hybridized carbons (Fsp3) is 0.652. The molecule has 10 nitrogen and oxygen atoms in total. The van der Waals surface area contributed by atoms with Crippen LogP contribution in [0, 0.1) is 17.8 Å². The summed E-state index contributed by atoms with van der Waals surface area (Å²) in [6, 6.07) is -2.88. The minimum absolute atomic E-state index is 0.0622. The van der Waals surface area contributed by atoms with Gasteiger partial charge in [0.1, 0.15) is 23.8 Å². The number of nitrogens with zero attached hydrogens (tertiary/aromatic N) is 2. The molecule has 1 aromatic heterocycles. The smallest absolute Gasteiger partial charge is 0.326 e. The van der Waals surface area contributed by atoms with E-state index in [1.54, 1.807) is 0 Å². The number of nitrogens with one attached hydrogen (secondary N) is 3. The minimum Gasteiger partial charge on any atom is -0.480 e. The molecule has 0 aliphatic carbocycles. The van der Waals surface area contributed by atoms with Crippen molar-refractivity contribution < 1.29 is 24.3 Å². The second-order valence-electron chi connectivity index (χ2n) is 9.47. The van der Waals surface area contributed by atoms with E-state index in [-0.39, 0.29) is 29.9 Å². The van der Waals surface area contributed by atoms with Gasteiger partial charge in [0.05, 0.1) is 6.20 Å². The first-order valence-electron chi connectivity index (χ1n) is 11.3. The van der Waals surface area contributed by atoms with Crippen molar-refractivity contribution in [2.75, 3.05) is 0 Å². The van der Waals surface area contributed by atoms with Crippen LogP contribution in [-0.4, -0.2) is 56.9 Å². The number of carbonyl (C=O) groups is 4. The predicted molar refractivity (Wildman–Crippen MR) is 123 cm³/mol. The van der Waals surface area contributed by atoms with E-state index >= 15 is 0 Å². The van der Waals surface area contributed by atoms with Crippen LogP contribution in [0.15, 0.2) is 18.6 Å². The number of carboxylic acids is 1. The lowest BCUT2D eigenvalue weighted by molar-refractivity contribution is -0.142. The van der Waals surface area contributed by atoms with E-state index < -0.39 is 41.8 Å². The topological polar surface area (TPSA) is 150 Å². The Morgan fingerprint density at radius 1 is 0.758 bits per heavy atom. The largest absolute Gasteiger partial charge is 0.480 e. The Morgan fingerprint density at radius 2 is 1.21 bits per heavy atom. The molecule has 4 N–H and O–H groups in total. The number of rotatable bonds is 13. The lowest BCUT2D eigenvalue weighted by atomic mass is 9.99. The van der Waals surface area contributed by atoms with Gasteiger partial charge in [0.2, 0.25) is 11.8 Å². The van der Waals surface area contributed by atoms with Gasteiger partial charge in [0, 0.05) is 12.4 Å². The average Bonchev–Trinajstić information content (AvgIpc) is 2.71. The Kier molecular flexibility index (Phi) is 11.4. The van der Waals surface area contributed by atoms with Crippen molar-refractivity contribution in [3.63, 3.8) is 0 Å². The van der Waals surface area contributed by atoms with E-state index in [1.165, 1.54) is 18.6 Å². The summed E-state index contributed by atoms with van der Waals surface area (Å²) in [5.74, 6) is -2.53. The Hall–Kier alpha value is -3.04. The first-order valence-corrected chi connectivity index (χ1v) is 11.3. The van der Waals surface area contributed by atoms with Gasteiger partial charge in [-0.25, -0.2) is 9.78 Å². The molecule has 0 aliphatic rings. The molecule has 0 aliphatic heterocycles. The third-order valence-corrected chi connectivity index (χ3v) is 4.79. The molecule has 3 amide bonds. The van der Waals surface area contributed by atoms with E-state index in [2.05, 4.69) is 25.9 Å². The van der Waals surface area contributed by atoms with E-state index in [9.17, 15) is 24.3 Å². The van der Waals surface area contributed by atoms with Crippen molar-refractivity contribution in [2.24, 2.45) is 17.8 Å². The summed E-state index contributed by atoms with van der Waals surface area (Å²) >= 11 is 0. The highest BCUT2D eigenvalue weighted by molar-refractivity contribution is 5.97. The first-order chi connectivity index (χ1) is 15.4. The molecule has 0 spiro atoms. The van der Waals surface area contributed by atoms with Crippen molar-refractivity contribution in [1.82, 2.24) is 25.9 Å². The molecule has 0 fully saturated rings. The average molecular weight is 464 g/mol. The molecule has 33 heavy (non-hydrogen) atoms. The quantitative estimate of drug-likeness (QED) is 0.348. The van der Waals surface area contributed by atoms with Crippen molar-refractivity contribution in [2.45, 2.75) is 78.9 Å². The molecule has 1 aromatic rings. The Balaban J connectivity index is 2.99. The number of carbonyl (C=O) groups excluding carboxylic acids is 3. The summed E-state index contributed by atoms with van der Waals surface area (Å²) in [6.07, 6.45) is 5.05. The van der Waals surface area contributed by atoms with E-state index in [4.69, 9.17) is 0 Å². The number of carboxylic acid groups (broad SMARTS) is 1. The molecule has 1 heterocycles. The highest BCUT2D eigenvalue weighted by Crippen LogP contribution is 2.11. The maximum absolute atomic E-state index is 13.1. The van der Waals surface area contributed by atoms with Gasteiger partial charge in [-0.15, -0.1) is 0 Å². The Morgan fingerprint density at radius 3 is 1.64 bits per heavy atom. The monoisotopic (exact) mass is 463 g/mol. The van der Waals surface area contributed by atoms with Crippen molar-refractivity contribution in [3.8, 4) is 0 Å². The zero-order valence-electron chi connectivity index (χ0n) is 20.3. The van der Waals surface area contributed by atoms with Crippen LogP contribution in [0.1, 0.15) is 71.3 Å². The molecular formula is C23H37N5O5. The first kappa shape index (κ1) is 28.0. The van der Waals surface area contributed by atoms with Crippen LogP contribution in [0.3, 0.4) is 0 Å². The molecule has 0 unspecified atom stereocenters. The van der Waals surface area contributed by atoms with Gasteiger partial charge < -0.3 is 21.1 Å². The van der Waals surface area contributed by atoms with Gasteiger partial charge in [0.25, 0.3) is 5.91 Å². The van der Waals surface area contributed by atoms with Crippen LogP contribution in [-0.2, 0) is 14.4 Å². The Bertz CT molecular complexity index is 798. The highest BCUT2D eigenvalue weighted by atomic mass is 16.4. The summed E-state index contributed by atoms with van der Waals surface area (Å²) in [6.45, 7) is 11.4. The summed E-state index contributed by atoms with van der Waals surface area (Å²) in [4.78, 5) is 57.9. The zero-order valence-corrected chi connectivity index (χ0v) is 20.3. The van der Waals surface area contributed by atoms with Crippen LogP contribution in [0.5, 0.6) is 0 Å². The van der Waals surface area contributed by atoms with Crippen LogP contribution in [0.4, 0.5) is 0 Å². The van der Waals surface area contributed by atoms with E-state index in [1.807, 2.05) is 41.5 Å². The molecular weight excluding hydrogens is 426 g/mol. The molecule has 3 atom stereocenters. The normalized spacial score (nSPS) is 14.0. The van der Waals surface area contributed by atoms with Crippen molar-refractivity contribution >= 4 is 23.7 Å². The third kappa shape index (κ3) is 10.4. The van der Waals surface area contributed by atoms with Gasteiger partial charge in [-0.2, -0.15) is 0 Å². The fourth-order valence-electron chi connectivity index (χ4n) is 3.29. The number of aromatic nitrogens is 2. The maximum atomic E-state index is 13.1. The fourth-order valence-corrected chi connectivity index (χ4v) is 3.29. The van der Waals surface area contributed by atoms with Gasteiger partial charge in [-0.3, -0.25) is 19.4 Å². The van der Waals surface area contributed by atoms with Gasteiger partial charge >= 0.3 is 5.97 Å². The lowest BCUT2D eigenvalue weighted by Crippen LogP contribution is -2.56. The van der Waals surface area contributed by atoms with Crippen LogP contribution in [0.25, 0.3) is 0 Å². The number of hydrogen-bond acceptors (Lipinski definition) is 6. The van der Waals surface area contributed by atoms with Gasteiger partial charge in [0.15, 0.2) is 0 Å². The van der Waals surface area contributed by atoms with Crippen LogP contribution in [0.2, 0.25) is 0 Å². The van der Waals surface area contributed by atoms with Crippen molar-refractivity contribution in [1.29, 1.82) is 0 Å². The van der Waals surface area contributed by atoms with Crippen LogP contribution < -0.4 is 16.0 Å². The number of aliphatic carboxylic acids is 1. The molecule has 0 bridgehead atoms. The summed E-state index contributed by atoms with van der Waals surface area (Å²) in [5, 5.41) is 17.4. The lowest BCUT2D eigenvalue weighted by Gasteiger charge is -2.26. The van der Waals surface area contributed by atoms with E-state index in [0.717, 1.165) is 0 Å². The highest BCUT2D eigenvalue weighted by Gasteiger charge is 2.30. The van der Waals surface area contributed by atoms with Gasteiger partial charge in [-0.1, -0.05) is 41.5 Å². The molecule has 0 radical (unpaired) electrons. The van der Waals surface area contributed by atoms with Crippen LogP contribution >= 0.6 is 0 Å². The SMILES string of the molecule is CC(C)C[C@H](NC(=O)[C@H](CC(C)C)NC(=O)[C@H](CC(C)C)NC(=O)c1cnccn1)C(=O)O. The Labute approximate surface area is 195 Å².